The number of hydrogen-bond acceptors (Lipinski definition) is 0. The van der Waals surface area contributed by atoms with Crippen LogP contribution in [-0.2, 0) is 6.42 Å². The molecule has 0 amide bonds. The predicted octanol–water partition coefficient (Wildman–Crippen LogP) is 3.35. The van der Waals surface area contributed by atoms with Gasteiger partial charge in [0.05, 0.1) is 0 Å². The van der Waals surface area contributed by atoms with E-state index in [1.165, 1.54) is 12.8 Å². The van der Waals surface area contributed by atoms with Gasteiger partial charge >= 0.3 is 0 Å². The van der Waals surface area contributed by atoms with E-state index in [-0.39, 0.29) is 0 Å². The summed E-state index contributed by atoms with van der Waals surface area (Å²) in [7, 11) is 0.970. The monoisotopic (exact) mass is 194 g/mol. The van der Waals surface area contributed by atoms with Gasteiger partial charge in [-0.2, -0.15) is 0 Å². The molecule has 0 aliphatic heterocycles. The molecule has 0 N–H and O–H groups in total. The van der Waals surface area contributed by atoms with Crippen molar-refractivity contribution in [2.45, 2.75) is 39.3 Å². The van der Waals surface area contributed by atoms with Gasteiger partial charge in [0, 0.05) is 0 Å². The van der Waals surface area contributed by atoms with Gasteiger partial charge in [0.15, 0.2) is 0 Å². The van der Waals surface area contributed by atoms with Crippen LogP contribution in [0.4, 0.5) is 0 Å². The largest absolute Gasteiger partial charge is 0.0875 e. The van der Waals surface area contributed by atoms with E-state index in [1.54, 1.807) is 10.9 Å². The zero-order chi connectivity index (χ0) is 9.68. The Labute approximate surface area is 83.5 Å². The Morgan fingerprint density at radius 2 is 1.92 bits per heavy atom. The Balaban J connectivity index is 2.78. The number of benzene rings is 1. The van der Waals surface area contributed by atoms with Crippen LogP contribution in [0.1, 0.15) is 32.8 Å². The van der Waals surface area contributed by atoms with E-state index in [0.29, 0.717) is 0 Å². The molecule has 72 valence electrons. The van der Waals surface area contributed by atoms with Crippen LogP contribution in [0.3, 0.4) is 0 Å². The van der Waals surface area contributed by atoms with Crippen molar-refractivity contribution in [2.24, 2.45) is 0 Å². The standard InChI is InChI=1S/C12H19P/c1-4-7-11-8-5-6-9-12(11)13-10(2)3/h5-6,8-10,13H,4,7H2,1-3H3. The third kappa shape index (κ3) is 3.48. The van der Waals surface area contributed by atoms with Gasteiger partial charge in [0.25, 0.3) is 0 Å². The zero-order valence-electron chi connectivity index (χ0n) is 8.80. The van der Waals surface area contributed by atoms with Gasteiger partial charge in [-0.25, -0.2) is 0 Å². The van der Waals surface area contributed by atoms with E-state index in [0.717, 1.165) is 14.2 Å². The van der Waals surface area contributed by atoms with Crippen LogP contribution >= 0.6 is 8.58 Å². The Kier molecular flexibility index (Phi) is 4.45. The SMILES string of the molecule is CCCc1ccccc1PC(C)C. The molecule has 0 bridgehead atoms. The van der Waals surface area contributed by atoms with Crippen molar-refractivity contribution in [3.63, 3.8) is 0 Å². The van der Waals surface area contributed by atoms with E-state index < -0.39 is 0 Å². The van der Waals surface area contributed by atoms with Crippen molar-refractivity contribution >= 4 is 13.9 Å². The summed E-state index contributed by atoms with van der Waals surface area (Å²) in [4.78, 5) is 0. The average Bonchev–Trinajstić information content (AvgIpc) is 2.08. The molecule has 0 spiro atoms. The van der Waals surface area contributed by atoms with Crippen molar-refractivity contribution in [3.05, 3.63) is 29.8 Å². The summed E-state index contributed by atoms with van der Waals surface area (Å²) in [6, 6.07) is 8.86. The lowest BCUT2D eigenvalue weighted by Crippen LogP contribution is -2.06. The molecule has 13 heavy (non-hydrogen) atoms. The Bertz CT molecular complexity index is 253. The predicted molar refractivity (Wildman–Crippen MR) is 63.5 cm³/mol. The molecule has 0 saturated carbocycles. The minimum absolute atomic E-state index is 0.790. The second-order valence-electron chi connectivity index (χ2n) is 3.71. The van der Waals surface area contributed by atoms with Crippen LogP contribution in [0, 0.1) is 0 Å². The Morgan fingerprint density at radius 1 is 1.23 bits per heavy atom. The summed E-state index contributed by atoms with van der Waals surface area (Å²) in [5, 5.41) is 1.57. The van der Waals surface area contributed by atoms with Crippen molar-refractivity contribution in [1.29, 1.82) is 0 Å². The number of hydrogen-bond donors (Lipinski definition) is 0. The maximum atomic E-state index is 2.29. The minimum Gasteiger partial charge on any atom is -0.0875 e. The van der Waals surface area contributed by atoms with Gasteiger partial charge < -0.3 is 0 Å². The molecule has 0 heterocycles. The quantitative estimate of drug-likeness (QED) is 0.645. The van der Waals surface area contributed by atoms with E-state index >= 15 is 0 Å². The topological polar surface area (TPSA) is 0 Å². The fourth-order valence-corrected chi connectivity index (χ4v) is 2.67. The number of aryl methyl sites for hydroxylation is 1. The highest BCUT2D eigenvalue weighted by Crippen LogP contribution is 2.20. The van der Waals surface area contributed by atoms with Crippen molar-refractivity contribution in [1.82, 2.24) is 0 Å². The Hall–Kier alpha value is -0.350. The van der Waals surface area contributed by atoms with Crippen LogP contribution in [0.25, 0.3) is 0 Å². The first-order chi connectivity index (χ1) is 6.24. The lowest BCUT2D eigenvalue weighted by Gasteiger charge is -2.10. The third-order valence-corrected chi connectivity index (χ3v) is 3.36. The van der Waals surface area contributed by atoms with Crippen molar-refractivity contribution in [3.8, 4) is 0 Å². The second-order valence-corrected chi connectivity index (χ2v) is 5.69. The summed E-state index contributed by atoms with van der Waals surface area (Å²) >= 11 is 0. The maximum Gasteiger partial charge on any atom is -0.0237 e. The zero-order valence-corrected chi connectivity index (χ0v) is 9.80. The highest BCUT2D eigenvalue weighted by molar-refractivity contribution is 7.48. The molecule has 0 nitrogen and oxygen atoms in total. The van der Waals surface area contributed by atoms with Gasteiger partial charge in [-0.1, -0.05) is 60.0 Å². The third-order valence-electron chi connectivity index (χ3n) is 1.98. The second kappa shape index (κ2) is 5.40. The fourth-order valence-electron chi connectivity index (χ4n) is 1.46. The van der Waals surface area contributed by atoms with Gasteiger partial charge in [-0.05, 0) is 22.9 Å². The molecule has 0 aliphatic carbocycles. The summed E-state index contributed by atoms with van der Waals surface area (Å²) in [6.07, 6.45) is 2.48. The molecule has 1 heteroatoms. The summed E-state index contributed by atoms with van der Waals surface area (Å²) in [6.45, 7) is 6.83. The highest BCUT2D eigenvalue weighted by atomic mass is 31.1. The summed E-state index contributed by atoms with van der Waals surface area (Å²) < 4.78 is 0. The molecule has 0 aromatic heterocycles. The lowest BCUT2D eigenvalue weighted by atomic mass is 10.1. The molecule has 1 rings (SSSR count). The van der Waals surface area contributed by atoms with Crippen molar-refractivity contribution in [2.75, 3.05) is 0 Å². The summed E-state index contributed by atoms with van der Waals surface area (Å²) in [5.41, 5.74) is 2.34. The first-order valence-electron chi connectivity index (χ1n) is 5.08. The van der Waals surface area contributed by atoms with E-state index in [2.05, 4.69) is 45.0 Å². The normalized spacial score (nSPS) is 11.7. The summed E-state index contributed by atoms with van der Waals surface area (Å²) in [5.74, 6) is 0. The van der Waals surface area contributed by atoms with E-state index in [4.69, 9.17) is 0 Å². The molecule has 1 atom stereocenters. The fraction of sp³-hybridized carbons (Fsp3) is 0.500. The molecule has 1 aromatic carbocycles. The lowest BCUT2D eigenvalue weighted by molar-refractivity contribution is 0.927. The molecule has 0 saturated heterocycles. The molecule has 0 aliphatic rings. The maximum absolute atomic E-state index is 2.29. The highest BCUT2D eigenvalue weighted by Gasteiger charge is 2.02. The minimum atomic E-state index is 0.790. The van der Waals surface area contributed by atoms with Crippen LogP contribution in [0.5, 0.6) is 0 Å². The van der Waals surface area contributed by atoms with Crippen LogP contribution in [0.15, 0.2) is 24.3 Å². The van der Waals surface area contributed by atoms with Crippen LogP contribution < -0.4 is 5.30 Å². The smallest absolute Gasteiger partial charge is 0.0237 e. The first kappa shape index (κ1) is 10.7. The molecular formula is C12H19P. The van der Waals surface area contributed by atoms with Crippen LogP contribution in [0.2, 0.25) is 0 Å². The van der Waals surface area contributed by atoms with E-state index in [9.17, 15) is 0 Å². The van der Waals surface area contributed by atoms with Gasteiger partial charge in [-0.3, -0.25) is 0 Å². The van der Waals surface area contributed by atoms with E-state index in [1.807, 2.05) is 0 Å². The Morgan fingerprint density at radius 3 is 2.54 bits per heavy atom. The first-order valence-corrected chi connectivity index (χ1v) is 6.16. The number of rotatable bonds is 4. The van der Waals surface area contributed by atoms with Gasteiger partial charge in [-0.15, -0.1) is 0 Å². The molecule has 1 unspecified atom stereocenters. The molecular weight excluding hydrogens is 175 g/mol. The van der Waals surface area contributed by atoms with Crippen LogP contribution in [-0.4, -0.2) is 5.66 Å². The average molecular weight is 194 g/mol. The molecule has 0 radical (unpaired) electrons. The van der Waals surface area contributed by atoms with Crippen molar-refractivity contribution < 1.29 is 0 Å². The van der Waals surface area contributed by atoms with Gasteiger partial charge in [0.2, 0.25) is 0 Å². The molecule has 1 aromatic rings. The molecule has 0 fully saturated rings. The van der Waals surface area contributed by atoms with Gasteiger partial charge in [0.1, 0.15) is 0 Å².